The predicted octanol–water partition coefficient (Wildman–Crippen LogP) is 1.83. The molecule has 25 heteroatoms. The smallest absolute Gasteiger partial charge is 0.407 e. The van der Waals surface area contributed by atoms with E-state index in [1.165, 1.54) is 12.1 Å². The van der Waals surface area contributed by atoms with Crippen molar-refractivity contribution in [3.63, 3.8) is 0 Å². The van der Waals surface area contributed by atoms with Crippen molar-refractivity contribution < 1.29 is 76.5 Å². The number of primary amides is 1. The zero-order valence-electron chi connectivity index (χ0n) is 44.8. The van der Waals surface area contributed by atoms with Crippen molar-refractivity contribution in [1.29, 1.82) is 0 Å². The average Bonchev–Trinajstić information content (AvgIpc) is 3.75. The number of urea groups is 1. The average molecular weight is 1110 g/mol. The predicted molar refractivity (Wildman–Crippen MR) is 286 cm³/mol. The molecule has 1 fully saturated rings. The second-order valence-corrected chi connectivity index (χ2v) is 18.4. The first-order chi connectivity index (χ1) is 38.6. The molecule has 2 aliphatic heterocycles. The third-order valence-electron chi connectivity index (χ3n) is 11.9. The molecule has 3 aromatic rings. The molecule has 0 bridgehead atoms. The molecule has 0 radical (unpaired) electrons. The monoisotopic (exact) mass is 1110 g/mol. The maximum absolute atomic E-state index is 13.6. The number of para-hydroxylation sites is 1. The van der Waals surface area contributed by atoms with Gasteiger partial charge in [-0.2, -0.15) is 0 Å². The summed E-state index contributed by atoms with van der Waals surface area (Å²) >= 11 is 0. The summed E-state index contributed by atoms with van der Waals surface area (Å²) in [5.74, 6) is 1.52. The van der Waals surface area contributed by atoms with Crippen LogP contribution in [0, 0.1) is 17.8 Å². The van der Waals surface area contributed by atoms with E-state index < -0.39 is 66.3 Å². The Morgan fingerprint density at radius 1 is 0.650 bits per heavy atom. The lowest BCUT2D eigenvalue weighted by Crippen LogP contribution is -2.54. The van der Waals surface area contributed by atoms with Gasteiger partial charge in [0.25, 0.3) is 11.8 Å². The number of carbonyl (C=O) groups excluding carboxylic acids is 10. The Morgan fingerprint density at radius 2 is 1.27 bits per heavy atom. The molecule has 8 N–H and O–H groups in total. The van der Waals surface area contributed by atoms with Gasteiger partial charge in [0.2, 0.25) is 29.5 Å². The molecule has 0 saturated carbocycles. The summed E-state index contributed by atoms with van der Waals surface area (Å²) < 4.78 is 27.2. The van der Waals surface area contributed by atoms with Gasteiger partial charge in [-0.05, 0) is 60.2 Å². The quantitative estimate of drug-likeness (QED) is 0.0260. The number of ether oxygens (including phenoxy) is 5. The number of hydrogen-bond acceptors (Lipinski definition) is 16. The summed E-state index contributed by atoms with van der Waals surface area (Å²) in [4.78, 5) is 131. The van der Waals surface area contributed by atoms with Gasteiger partial charge < -0.3 is 71.1 Å². The minimum Gasteiger partial charge on any atom is -0.445 e. The number of imide groups is 1. The number of alkyl carbamates (subject to hydrolysis) is 1. The summed E-state index contributed by atoms with van der Waals surface area (Å²) in [6, 6.07) is 18.5. The van der Waals surface area contributed by atoms with Crippen LogP contribution in [0.3, 0.4) is 0 Å². The zero-order valence-corrected chi connectivity index (χ0v) is 44.8. The number of amides is 10. The summed E-state index contributed by atoms with van der Waals surface area (Å²) in [7, 11) is 0. The van der Waals surface area contributed by atoms with E-state index in [1.807, 2.05) is 48.5 Å². The van der Waals surface area contributed by atoms with E-state index in [1.54, 1.807) is 30.9 Å². The summed E-state index contributed by atoms with van der Waals surface area (Å²) in [6.07, 6.45) is -0.782. The number of anilines is 2. The lowest BCUT2D eigenvalue weighted by atomic mass is 10.0. The van der Waals surface area contributed by atoms with Crippen LogP contribution in [0.2, 0.25) is 0 Å². The molecule has 0 aromatic heterocycles. The first-order valence-electron chi connectivity index (χ1n) is 26.1. The number of nitrogens with two attached hydrogens (primary N) is 1. The Labute approximate surface area is 462 Å². The Morgan fingerprint density at radius 3 is 1.95 bits per heavy atom. The number of hydroxylamine groups is 2. The van der Waals surface area contributed by atoms with Crippen LogP contribution in [-0.4, -0.2) is 149 Å². The fraction of sp³-hybridized carbons (Fsp3) is 0.455. The molecule has 2 heterocycles. The topological polar surface area (TPSA) is 331 Å². The minimum atomic E-state index is -1.10. The first kappa shape index (κ1) is 62.4. The molecule has 80 heavy (non-hydrogen) atoms. The van der Waals surface area contributed by atoms with E-state index in [9.17, 15) is 47.9 Å². The van der Waals surface area contributed by atoms with Crippen LogP contribution < -0.4 is 42.5 Å². The third-order valence-corrected chi connectivity index (χ3v) is 11.9. The van der Waals surface area contributed by atoms with E-state index in [0.29, 0.717) is 55.0 Å². The minimum absolute atomic E-state index is 0.0300. The van der Waals surface area contributed by atoms with Crippen LogP contribution in [0.25, 0.3) is 0 Å². The SMILES string of the molecule is CC(C)[C@H](NC(=O)CCOCCOCCOCCOCCNC(=O)CCC(=O)N1Cc2ccccc2C#Cc2ccccc21)C(=O)N[C@@H](CCCNC(N)=O)C(=O)Nc1ccc(COC(=O)NCC(=O)ON2C(=O)CCC2=O)cc1. The maximum atomic E-state index is 13.6. The molecular formula is C55H69N9O16. The van der Waals surface area contributed by atoms with E-state index in [-0.39, 0.29) is 109 Å². The number of hydrogen-bond donors (Lipinski definition) is 7. The van der Waals surface area contributed by atoms with Gasteiger partial charge in [0, 0.05) is 62.0 Å². The molecule has 25 nitrogen and oxygen atoms in total. The number of fused-ring (bicyclic) bond motifs is 2. The highest BCUT2D eigenvalue weighted by Gasteiger charge is 2.33. The molecule has 0 spiro atoms. The van der Waals surface area contributed by atoms with E-state index in [4.69, 9.17) is 29.4 Å². The highest BCUT2D eigenvalue weighted by atomic mass is 16.7. The van der Waals surface area contributed by atoms with E-state index >= 15 is 0 Å². The summed E-state index contributed by atoms with van der Waals surface area (Å²) in [5, 5.41) is 15.9. The van der Waals surface area contributed by atoms with Crippen molar-refractivity contribution in [3.05, 3.63) is 95.1 Å². The summed E-state index contributed by atoms with van der Waals surface area (Å²) in [5.41, 5.74) is 9.27. The van der Waals surface area contributed by atoms with E-state index in [2.05, 4.69) is 48.6 Å². The third kappa shape index (κ3) is 22.1. The molecule has 1 saturated heterocycles. The number of nitrogens with zero attached hydrogens (tertiary/aromatic N) is 2. The molecule has 0 unspecified atom stereocenters. The Bertz CT molecular complexity index is 2680. The molecule has 430 valence electrons. The van der Waals surface area contributed by atoms with Gasteiger partial charge >= 0.3 is 18.1 Å². The Kier molecular flexibility index (Phi) is 26.3. The van der Waals surface area contributed by atoms with Crippen molar-refractivity contribution in [2.75, 3.05) is 82.7 Å². The van der Waals surface area contributed by atoms with Gasteiger partial charge in [0.15, 0.2) is 0 Å². The number of nitrogens with one attached hydrogen (secondary N) is 6. The highest BCUT2D eigenvalue weighted by molar-refractivity contribution is 6.02. The van der Waals surface area contributed by atoms with Gasteiger partial charge in [-0.1, -0.05) is 68.2 Å². The van der Waals surface area contributed by atoms with Crippen molar-refractivity contribution in [2.45, 2.75) is 84.0 Å². The van der Waals surface area contributed by atoms with Crippen LogP contribution in [0.1, 0.15) is 81.0 Å². The number of carbonyl (C=O) groups is 10. The van der Waals surface area contributed by atoms with Crippen LogP contribution in [0.5, 0.6) is 0 Å². The highest BCUT2D eigenvalue weighted by Crippen LogP contribution is 2.26. The van der Waals surface area contributed by atoms with Crippen molar-refractivity contribution >= 4 is 70.8 Å². The van der Waals surface area contributed by atoms with Gasteiger partial charge in [-0.3, -0.25) is 33.6 Å². The molecule has 3 aromatic carbocycles. The number of rotatable bonds is 33. The van der Waals surface area contributed by atoms with Crippen LogP contribution in [0.4, 0.5) is 21.0 Å². The second-order valence-electron chi connectivity index (χ2n) is 18.4. The summed E-state index contributed by atoms with van der Waals surface area (Å²) in [6.45, 7) is 5.28. The van der Waals surface area contributed by atoms with Crippen LogP contribution in [0.15, 0.2) is 72.8 Å². The van der Waals surface area contributed by atoms with Crippen LogP contribution >= 0.6 is 0 Å². The van der Waals surface area contributed by atoms with Gasteiger partial charge in [-0.15, -0.1) is 5.06 Å². The van der Waals surface area contributed by atoms with Crippen molar-refractivity contribution in [3.8, 4) is 11.8 Å². The zero-order chi connectivity index (χ0) is 57.7. The van der Waals surface area contributed by atoms with Gasteiger partial charge in [0.1, 0.15) is 25.2 Å². The van der Waals surface area contributed by atoms with Crippen molar-refractivity contribution in [1.82, 2.24) is 31.6 Å². The first-order valence-corrected chi connectivity index (χ1v) is 26.1. The second kappa shape index (κ2) is 33.8. The molecular weight excluding hydrogens is 1040 g/mol. The standard InChI is InChI=1S/C55H69N9O16/c1-37(2)51(53(72)61-43(11-7-24-58-54(56)73)52(71)60-42-17-13-38(14-18-42)36-79-55(74)59-34-50(70)80-64-48(68)21-22-49(64)69)62-46(66)23-26-75-28-30-77-32-33-78-31-29-76-27-25-57-45(65)19-20-47(67)63-35-41-10-4-3-8-39(41)15-16-40-9-5-6-12-44(40)63/h3-6,8-10,12-14,17-18,37,43,51H,7,11,19-36H2,1-2H3,(H,57,65)(H,59,74)(H,60,71)(H,61,72)(H,62,66)(H3,56,58,73)/t43-,51-/m0/s1. The Hall–Kier alpha value is -8.44. The lowest BCUT2D eigenvalue weighted by Gasteiger charge is -2.26. The molecule has 10 amide bonds. The van der Waals surface area contributed by atoms with E-state index in [0.717, 1.165) is 16.7 Å². The number of benzene rings is 3. The fourth-order valence-electron chi connectivity index (χ4n) is 7.72. The molecule has 2 atom stereocenters. The maximum Gasteiger partial charge on any atom is 0.407 e. The molecule has 5 rings (SSSR count). The molecule has 2 aliphatic rings. The van der Waals surface area contributed by atoms with Gasteiger partial charge in [-0.25, -0.2) is 14.4 Å². The normalized spacial score (nSPS) is 13.2. The fourth-order valence-corrected chi connectivity index (χ4v) is 7.72. The van der Waals surface area contributed by atoms with Gasteiger partial charge in [0.05, 0.1) is 65.1 Å². The largest absolute Gasteiger partial charge is 0.445 e. The van der Waals surface area contributed by atoms with Crippen LogP contribution in [-0.2, 0) is 80.0 Å². The Balaban J connectivity index is 0.896. The lowest BCUT2D eigenvalue weighted by molar-refractivity contribution is -0.196. The molecule has 0 aliphatic carbocycles. The van der Waals surface area contributed by atoms with Crippen molar-refractivity contribution in [2.24, 2.45) is 11.7 Å².